The second-order valence-electron chi connectivity index (χ2n) is 7.61. The summed E-state index contributed by atoms with van der Waals surface area (Å²) in [5.74, 6) is 0.299. The van der Waals surface area contributed by atoms with Gasteiger partial charge in [0.2, 0.25) is 5.91 Å². The molecule has 0 fully saturated rings. The van der Waals surface area contributed by atoms with E-state index in [0.29, 0.717) is 30.2 Å². The van der Waals surface area contributed by atoms with Gasteiger partial charge in [-0.15, -0.1) is 0 Å². The van der Waals surface area contributed by atoms with Crippen molar-refractivity contribution in [3.8, 4) is 5.75 Å². The maximum Gasteiger partial charge on any atom is 0.258 e. The average Bonchev–Trinajstić information content (AvgIpc) is 2.83. The molecular formula is C27H29N3O3. The number of carbonyl (C=O) groups is 2. The highest BCUT2D eigenvalue weighted by molar-refractivity contribution is 6.07. The van der Waals surface area contributed by atoms with Crippen molar-refractivity contribution >= 4 is 28.9 Å². The van der Waals surface area contributed by atoms with Gasteiger partial charge in [0.25, 0.3) is 5.91 Å². The maximum absolute atomic E-state index is 13.1. The quantitative estimate of drug-likeness (QED) is 0.414. The molecule has 6 nitrogen and oxygen atoms in total. The van der Waals surface area contributed by atoms with Crippen molar-refractivity contribution < 1.29 is 14.3 Å². The predicted octanol–water partition coefficient (Wildman–Crippen LogP) is 5.36. The smallest absolute Gasteiger partial charge is 0.258 e. The molecule has 0 aliphatic carbocycles. The summed E-state index contributed by atoms with van der Waals surface area (Å²) in [5.41, 5.74) is 3.52. The molecule has 0 radical (unpaired) electrons. The van der Waals surface area contributed by atoms with E-state index in [0.717, 1.165) is 16.9 Å². The van der Waals surface area contributed by atoms with Gasteiger partial charge in [-0.2, -0.15) is 0 Å². The van der Waals surface area contributed by atoms with E-state index >= 15 is 0 Å². The van der Waals surface area contributed by atoms with Crippen molar-refractivity contribution in [1.82, 2.24) is 0 Å². The zero-order valence-corrected chi connectivity index (χ0v) is 19.0. The van der Waals surface area contributed by atoms with Crippen LogP contribution >= 0.6 is 0 Å². The molecule has 33 heavy (non-hydrogen) atoms. The zero-order chi connectivity index (χ0) is 23.6. The maximum atomic E-state index is 13.1. The third kappa shape index (κ3) is 6.71. The van der Waals surface area contributed by atoms with Crippen LogP contribution in [0.4, 0.5) is 17.1 Å². The predicted molar refractivity (Wildman–Crippen MR) is 134 cm³/mol. The van der Waals surface area contributed by atoms with E-state index in [1.54, 1.807) is 29.2 Å². The van der Waals surface area contributed by atoms with Gasteiger partial charge in [-0.05, 0) is 61.9 Å². The summed E-state index contributed by atoms with van der Waals surface area (Å²) < 4.78 is 5.72. The number of hydrogen-bond donors (Lipinski definition) is 2. The van der Waals surface area contributed by atoms with Crippen molar-refractivity contribution in [3.05, 3.63) is 96.6 Å². The summed E-state index contributed by atoms with van der Waals surface area (Å²) in [6.07, 6.45) is 0. The first-order valence-corrected chi connectivity index (χ1v) is 10.8. The molecule has 0 saturated heterocycles. The summed E-state index contributed by atoms with van der Waals surface area (Å²) in [4.78, 5) is 27.3. The molecule has 0 bridgehead atoms. The van der Waals surface area contributed by atoms with Gasteiger partial charge in [0.05, 0.1) is 12.2 Å². The standard InChI is InChI=1S/C27H29N3O3/c1-4-30(23-13-6-5-7-14-23)27(32)21-11-10-12-22(17-21)29-26(31)18-28-24-15-8-9-16-25(24)33-19-20(2)3/h5-17,28H,2,4,18-19H2,1,3H3,(H,29,31). The van der Waals surface area contributed by atoms with Gasteiger partial charge in [-0.3, -0.25) is 9.59 Å². The fourth-order valence-electron chi connectivity index (χ4n) is 3.26. The Balaban J connectivity index is 1.63. The second kappa shape index (κ2) is 11.5. The van der Waals surface area contributed by atoms with Crippen molar-refractivity contribution in [2.75, 3.05) is 35.2 Å². The summed E-state index contributed by atoms with van der Waals surface area (Å²) in [6, 6.07) is 23.9. The van der Waals surface area contributed by atoms with E-state index in [-0.39, 0.29) is 18.4 Å². The van der Waals surface area contributed by atoms with Crippen LogP contribution in [-0.2, 0) is 4.79 Å². The van der Waals surface area contributed by atoms with Gasteiger partial charge >= 0.3 is 0 Å². The fourth-order valence-corrected chi connectivity index (χ4v) is 3.26. The van der Waals surface area contributed by atoms with Crippen molar-refractivity contribution in [3.63, 3.8) is 0 Å². The molecule has 3 aromatic rings. The Morgan fingerprint density at radius 1 is 0.970 bits per heavy atom. The molecule has 0 atom stereocenters. The Hall–Kier alpha value is -4.06. The number of hydrogen-bond acceptors (Lipinski definition) is 4. The lowest BCUT2D eigenvalue weighted by Gasteiger charge is -2.21. The molecule has 0 saturated carbocycles. The van der Waals surface area contributed by atoms with Gasteiger partial charge < -0.3 is 20.3 Å². The molecular weight excluding hydrogens is 414 g/mol. The molecule has 0 unspecified atom stereocenters. The van der Waals surface area contributed by atoms with Crippen LogP contribution < -0.4 is 20.3 Å². The van der Waals surface area contributed by atoms with Gasteiger partial charge in [0.15, 0.2) is 0 Å². The number of benzene rings is 3. The minimum Gasteiger partial charge on any atom is -0.487 e. The number of carbonyl (C=O) groups excluding carboxylic acids is 2. The minimum atomic E-state index is -0.232. The molecule has 0 aliphatic rings. The lowest BCUT2D eigenvalue weighted by atomic mass is 10.1. The Labute approximate surface area is 194 Å². The average molecular weight is 444 g/mol. The molecule has 170 valence electrons. The van der Waals surface area contributed by atoms with Crippen LogP contribution in [-0.4, -0.2) is 31.5 Å². The summed E-state index contributed by atoms with van der Waals surface area (Å²) in [6.45, 7) is 8.66. The monoisotopic (exact) mass is 443 g/mol. The molecule has 0 aliphatic heterocycles. The molecule has 6 heteroatoms. The van der Waals surface area contributed by atoms with Crippen LogP contribution in [0.15, 0.2) is 91.0 Å². The van der Waals surface area contributed by atoms with Crippen LogP contribution in [0.3, 0.4) is 0 Å². The number of nitrogens with one attached hydrogen (secondary N) is 2. The number of ether oxygens (including phenoxy) is 1. The summed E-state index contributed by atoms with van der Waals surface area (Å²) in [7, 11) is 0. The van der Waals surface area contributed by atoms with Gasteiger partial charge in [-0.1, -0.05) is 43.0 Å². The Bertz CT molecular complexity index is 1110. The van der Waals surface area contributed by atoms with E-state index < -0.39 is 0 Å². The number of para-hydroxylation sites is 3. The fraction of sp³-hybridized carbons (Fsp3) is 0.185. The van der Waals surface area contributed by atoms with Crippen molar-refractivity contribution in [1.29, 1.82) is 0 Å². The second-order valence-corrected chi connectivity index (χ2v) is 7.61. The highest BCUT2D eigenvalue weighted by Crippen LogP contribution is 2.24. The highest BCUT2D eigenvalue weighted by atomic mass is 16.5. The van der Waals surface area contributed by atoms with Gasteiger partial charge in [-0.25, -0.2) is 0 Å². The number of nitrogens with zero attached hydrogens (tertiary/aromatic N) is 1. The zero-order valence-electron chi connectivity index (χ0n) is 19.0. The Kier molecular flexibility index (Phi) is 8.24. The lowest BCUT2D eigenvalue weighted by molar-refractivity contribution is -0.114. The molecule has 3 rings (SSSR count). The molecule has 2 N–H and O–H groups in total. The first-order valence-electron chi connectivity index (χ1n) is 10.8. The van der Waals surface area contributed by atoms with Gasteiger partial charge in [0.1, 0.15) is 12.4 Å². The van der Waals surface area contributed by atoms with Gasteiger partial charge in [0, 0.05) is 23.5 Å². The third-order valence-corrected chi connectivity index (χ3v) is 4.82. The molecule has 0 spiro atoms. The molecule has 2 amide bonds. The third-order valence-electron chi connectivity index (χ3n) is 4.82. The largest absolute Gasteiger partial charge is 0.487 e. The van der Waals surface area contributed by atoms with E-state index in [1.807, 2.05) is 68.4 Å². The summed E-state index contributed by atoms with van der Waals surface area (Å²) >= 11 is 0. The number of amides is 2. The molecule has 0 aromatic heterocycles. The van der Waals surface area contributed by atoms with Crippen LogP contribution in [0.2, 0.25) is 0 Å². The SMILES string of the molecule is C=C(C)COc1ccccc1NCC(=O)Nc1cccc(C(=O)N(CC)c2ccccc2)c1. The molecule has 3 aromatic carbocycles. The normalized spacial score (nSPS) is 10.2. The number of rotatable bonds is 10. The first-order chi connectivity index (χ1) is 16.0. The van der Waals surface area contributed by atoms with E-state index in [1.165, 1.54) is 0 Å². The van der Waals surface area contributed by atoms with Crippen LogP contribution in [0.25, 0.3) is 0 Å². The summed E-state index contributed by atoms with van der Waals surface area (Å²) in [5, 5.41) is 5.95. The van der Waals surface area contributed by atoms with Crippen LogP contribution in [0, 0.1) is 0 Å². The van der Waals surface area contributed by atoms with E-state index in [4.69, 9.17) is 4.74 Å². The molecule has 0 heterocycles. The Morgan fingerprint density at radius 3 is 2.42 bits per heavy atom. The first kappa shape index (κ1) is 23.6. The lowest BCUT2D eigenvalue weighted by Crippen LogP contribution is -2.30. The topological polar surface area (TPSA) is 70.7 Å². The van der Waals surface area contributed by atoms with Crippen LogP contribution in [0.5, 0.6) is 5.75 Å². The van der Waals surface area contributed by atoms with E-state index in [2.05, 4.69) is 17.2 Å². The van der Waals surface area contributed by atoms with E-state index in [9.17, 15) is 9.59 Å². The minimum absolute atomic E-state index is 0.0523. The highest BCUT2D eigenvalue weighted by Gasteiger charge is 2.16. The van der Waals surface area contributed by atoms with Crippen molar-refractivity contribution in [2.45, 2.75) is 13.8 Å². The van der Waals surface area contributed by atoms with Crippen LogP contribution in [0.1, 0.15) is 24.2 Å². The van der Waals surface area contributed by atoms with Crippen molar-refractivity contribution in [2.24, 2.45) is 0 Å². The number of anilines is 3. The Morgan fingerprint density at radius 2 is 1.70 bits per heavy atom.